The van der Waals surface area contributed by atoms with Crippen LogP contribution < -0.4 is 11.1 Å². The Labute approximate surface area is 125 Å². The SMILES string of the molecule is CCCSc1ccc(N)c(NC(=O)COCC(F)(F)F)c1. The normalized spacial score (nSPS) is 11.4. The third-order valence-corrected chi connectivity index (χ3v) is 3.47. The summed E-state index contributed by atoms with van der Waals surface area (Å²) in [5, 5.41) is 2.44. The van der Waals surface area contributed by atoms with Gasteiger partial charge in [0.15, 0.2) is 0 Å². The zero-order valence-electron chi connectivity index (χ0n) is 11.5. The standard InChI is InChI=1S/C13H17F3N2O2S/c1-2-5-21-9-3-4-10(17)11(6-9)18-12(19)7-20-8-13(14,15)16/h3-4,6H,2,5,7-8,17H2,1H3,(H,18,19). The number of carbonyl (C=O) groups excluding carboxylic acids is 1. The molecule has 3 N–H and O–H groups in total. The van der Waals surface area contributed by atoms with Crippen LogP contribution >= 0.6 is 11.8 Å². The lowest BCUT2D eigenvalue weighted by atomic mass is 10.2. The number of ether oxygens (including phenoxy) is 1. The molecule has 21 heavy (non-hydrogen) atoms. The molecule has 0 fully saturated rings. The van der Waals surface area contributed by atoms with E-state index in [1.807, 2.05) is 13.0 Å². The van der Waals surface area contributed by atoms with E-state index in [0.717, 1.165) is 17.1 Å². The summed E-state index contributed by atoms with van der Waals surface area (Å²) in [5.41, 5.74) is 6.44. The minimum absolute atomic E-state index is 0.347. The Bertz CT molecular complexity index is 481. The molecule has 0 unspecified atom stereocenters. The number of thioether (sulfide) groups is 1. The van der Waals surface area contributed by atoms with Gasteiger partial charge in [0.1, 0.15) is 13.2 Å². The zero-order chi connectivity index (χ0) is 15.9. The van der Waals surface area contributed by atoms with Crippen LogP contribution in [0.2, 0.25) is 0 Å². The fourth-order valence-electron chi connectivity index (χ4n) is 1.40. The first-order valence-electron chi connectivity index (χ1n) is 6.28. The lowest BCUT2D eigenvalue weighted by molar-refractivity contribution is -0.174. The van der Waals surface area contributed by atoms with Crippen LogP contribution in [0.1, 0.15) is 13.3 Å². The maximum Gasteiger partial charge on any atom is 0.411 e. The minimum Gasteiger partial charge on any atom is -0.397 e. The highest BCUT2D eigenvalue weighted by Crippen LogP contribution is 2.27. The van der Waals surface area contributed by atoms with Gasteiger partial charge < -0.3 is 15.8 Å². The molecule has 0 saturated heterocycles. The van der Waals surface area contributed by atoms with Crippen LogP contribution in [-0.2, 0) is 9.53 Å². The number of amides is 1. The molecular formula is C13H17F3N2O2S. The second-order valence-electron chi connectivity index (χ2n) is 4.25. The molecule has 118 valence electrons. The lowest BCUT2D eigenvalue weighted by Crippen LogP contribution is -2.24. The van der Waals surface area contributed by atoms with Crippen molar-refractivity contribution in [3.63, 3.8) is 0 Å². The Morgan fingerprint density at radius 2 is 2.14 bits per heavy atom. The number of hydrogen-bond donors (Lipinski definition) is 2. The van der Waals surface area contributed by atoms with E-state index in [2.05, 4.69) is 10.1 Å². The number of hydrogen-bond acceptors (Lipinski definition) is 4. The van der Waals surface area contributed by atoms with E-state index in [9.17, 15) is 18.0 Å². The first-order chi connectivity index (χ1) is 9.81. The van der Waals surface area contributed by atoms with Crippen molar-refractivity contribution in [3.8, 4) is 0 Å². The van der Waals surface area contributed by atoms with E-state index < -0.39 is 25.3 Å². The van der Waals surface area contributed by atoms with Gasteiger partial charge >= 0.3 is 6.18 Å². The highest BCUT2D eigenvalue weighted by molar-refractivity contribution is 7.99. The van der Waals surface area contributed by atoms with E-state index in [0.29, 0.717) is 11.4 Å². The van der Waals surface area contributed by atoms with Gasteiger partial charge in [-0.05, 0) is 30.4 Å². The van der Waals surface area contributed by atoms with E-state index >= 15 is 0 Å². The summed E-state index contributed by atoms with van der Waals surface area (Å²) in [6.07, 6.45) is -3.45. The van der Waals surface area contributed by atoms with Gasteiger partial charge in [-0.1, -0.05) is 6.92 Å². The maximum atomic E-state index is 11.9. The number of rotatable bonds is 7. The van der Waals surface area contributed by atoms with Crippen LogP contribution in [0.15, 0.2) is 23.1 Å². The lowest BCUT2D eigenvalue weighted by Gasteiger charge is -2.11. The van der Waals surface area contributed by atoms with Crippen LogP contribution in [0.3, 0.4) is 0 Å². The summed E-state index contributed by atoms with van der Waals surface area (Å²) in [6.45, 7) is -0.0848. The average molecular weight is 322 g/mol. The summed E-state index contributed by atoms with van der Waals surface area (Å²) >= 11 is 1.60. The van der Waals surface area contributed by atoms with Crippen LogP contribution in [0.4, 0.5) is 24.5 Å². The van der Waals surface area contributed by atoms with Crippen LogP contribution in [-0.4, -0.2) is 31.1 Å². The molecule has 0 spiro atoms. The summed E-state index contributed by atoms with van der Waals surface area (Å²) in [5.74, 6) is 0.245. The molecule has 1 rings (SSSR count). The molecule has 0 aliphatic rings. The maximum absolute atomic E-state index is 11.9. The van der Waals surface area contributed by atoms with Crippen molar-refractivity contribution in [2.75, 3.05) is 30.0 Å². The Morgan fingerprint density at radius 3 is 2.76 bits per heavy atom. The second-order valence-corrected chi connectivity index (χ2v) is 5.42. The number of benzene rings is 1. The molecular weight excluding hydrogens is 305 g/mol. The number of alkyl halides is 3. The van der Waals surface area contributed by atoms with Gasteiger partial charge in [-0.25, -0.2) is 0 Å². The fraction of sp³-hybridized carbons (Fsp3) is 0.462. The molecule has 4 nitrogen and oxygen atoms in total. The molecule has 0 saturated carbocycles. The Balaban J connectivity index is 2.54. The van der Waals surface area contributed by atoms with Gasteiger partial charge in [0.05, 0.1) is 11.4 Å². The number of nitrogens with one attached hydrogen (secondary N) is 1. The van der Waals surface area contributed by atoms with E-state index in [4.69, 9.17) is 5.73 Å². The highest BCUT2D eigenvalue weighted by Gasteiger charge is 2.27. The molecule has 0 radical (unpaired) electrons. The Kier molecular flexibility index (Phi) is 6.83. The average Bonchev–Trinajstić information content (AvgIpc) is 2.38. The number of nitrogen functional groups attached to an aromatic ring is 1. The number of anilines is 2. The predicted molar refractivity (Wildman–Crippen MR) is 77.4 cm³/mol. The molecule has 0 bridgehead atoms. The van der Waals surface area contributed by atoms with Gasteiger partial charge in [-0.3, -0.25) is 4.79 Å². The predicted octanol–water partition coefficient (Wildman–Crippen LogP) is 3.29. The number of carbonyl (C=O) groups is 1. The first-order valence-corrected chi connectivity index (χ1v) is 7.27. The minimum atomic E-state index is -4.45. The Morgan fingerprint density at radius 1 is 1.43 bits per heavy atom. The number of halogens is 3. The fourth-order valence-corrected chi connectivity index (χ4v) is 2.20. The quantitative estimate of drug-likeness (QED) is 0.597. The van der Waals surface area contributed by atoms with E-state index in [1.54, 1.807) is 23.9 Å². The van der Waals surface area contributed by atoms with Crippen molar-refractivity contribution in [3.05, 3.63) is 18.2 Å². The molecule has 0 aliphatic heterocycles. The second kappa shape index (κ2) is 8.14. The molecule has 0 aromatic heterocycles. The van der Waals surface area contributed by atoms with Gasteiger partial charge in [0.2, 0.25) is 5.91 Å². The monoisotopic (exact) mass is 322 g/mol. The Hall–Kier alpha value is -1.41. The van der Waals surface area contributed by atoms with E-state index in [1.165, 1.54) is 0 Å². The molecule has 0 atom stereocenters. The first kappa shape index (κ1) is 17.6. The largest absolute Gasteiger partial charge is 0.411 e. The van der Waals surface area contributed by atoms with Crippen molar-refractivity contribution in [1.29, 1.82) is 0 Å². The van der Waals surface area contributed by atoms with Crippen molar-refractivity contribution in [2.45, 2.75) is 24.4 Å². The molecule has 1 aromatic rings. The molecule has 1 aromatic carbocycles. The number of nitrogens with two attached hydrogens (primary N) is 1. The van der Waals surface area contributed by atoms with Crippen LogP contribution in [0.5, 0.6) is 0 Å². The van der Waals surface area contributed by atoms with Crippen molar-refractivity contribution in [1.82, 2.24) is 0 Å². The summed E-state index contributed by atoms with van der Waals surface area (Å²) in [6, 6.07) is 5.16. The molecule has 0 aliphatic carbocycles. The summed E-state index contributed by atoms with van der Waals surface area (Å²) in [7, 11) is 0. The van der Waals surface area contributed by atoms with Crippen molar-refractivity contribution >= 4 is 29.0 Å². The highest BCUT2D eigenvalue weighted by atomic mass is 32.2. The van der Waals surface area contributed by atoms with Gasteiger partial charge in [0, 0.05) is 4.90 Å². The van der Waals surface area contributed by atoms with Gasteiger partial charge in [0.25, 0.3) is 0 Å². The van der Waals surface area contributed by atoms with Crippen molar-refractivity contribution in [2.24, 2.45) is 0 Å². The molecule has 0 heterocycles. The zero-order valence-corrected chi connectivity index (χ0v) is 12.3. The molecule has 8 heteroatoms. The van der Waals surface area contributed by atoms with E-state index in [-0.39, 0.29) is 0 Å². The third-order valence-electron chi connectivity index (χ3n) is 2.27. The topological polar surface area (TPSA) is 64.3 Å². The smallest absolute Gasteiger partial charge is 0.397 e. The third kappa shape index (κ3) is 7.24. The van der Waals surface area contributed by atoms with Crippen molar-refractivity contribution < 1.29 is 22.7 Å². The summed E-state index contributed by atoms with van der Waals surface area (Å²) < 4.78 is 40.0. The van der Waals surface area contributed by atoms with Gasteiger partial charge in [-0.2, -0.15) is 13.2 Å². The summed E-state index contributed by atoms with van der Waals surface area (Å²) in [4.78, 5) is 12.4. The van der Waals surface area contributed by atoms with Gasteiger partial charge in [-0.15, -0.1) is 11.8 Å². The van der Waals surface area contributed by atoms with Crippen LogP contribution in [0.25, 0.3) is 0 Å². The van der Waals surface area contributed by atoms with Crippen LogP contribution in [0, 0.1) is 0 Å². The molecule has 1 amide bonds.